The Morgan fingerprint density at radius 3 is 1.92 bits per heavy atom. The van der Waals surface area contributed by atoms with Crippen LogP contribution < -0.4 is 0 Å². The first kappa shape index (κ1) is 29.2. The number of rotatable bonds is 3. The lowest BCUT2D eigenvalue weighted by atomic mass is 9.84. The maximum atomic E-state index is 6.79. The van der Waals surface area contributed by atoms with Crippen molar-refractivity contribution in [2.45, 2.75) is 18.8 Å². The third-order valence-corrected chi connectivity index (χ3v) is 11.1. The zero-order valence-corrected chi connectivity index (χ0v) is 28.4. The van der Waals surface area contributed by atoms with E-state index in [-0.39, 0.29) is 5.92 Å². The Bertz CT molecular complexity index is 3030. The van der Waals surface area contributed by atoms with Crippen molar-refractivity contribution in [2.24, 2.45) is 0 Å². The minimum Gasteiger partial charge on any atom is -0.452 e. The lowest BCUT2D eigenvalue weighted by Gasteiger charge is -2.20. The highest BCUT2D eigenvalue weighted by Gasteiger charge is 2.26. The highest BCUT2D eigenvalue weighted by atomic mass is 16.3. The molecule has 0 radical (unpaired) electrons. The minimum absolute atomic E-state index is 0.207. The summed E-state index contributed by atoms with van der Waals surface area (Å²) in [5.74, 6) is 0.903. The first-order valence-corrected chi connectivity index (χ1v) is 18.1. The second kappa shape index (κ2) is 11.5. The molecule has 0 spiro atoms. The molecule has 0 saturated heterocycles. The van der Waals surface area contributed by atoms with Crippen molar-refractivity contribution in [3.05, 3.63) is 180 Å². The Morgan fingerprint density at radius 2 is 1.12 bits per heavy atom. The quantitative estimate of drug-likeness (QED) is 0.189. The van der Waals surface area contributed by atoms with E-state index in [2.05, 4.69) is 164 Å². The topological polar surface area (TPSA) is 38.9 Å². The fraction of sp³-hybridized carbons (Fsp3) is 0.0612. The number of hydrogen-bond acceptors (Lipinski definition) is 3. The van der Waals surface area contributed by atoms with Crippen LogP contribution in [0.4, 0.5) is 0 Å². The van der Waals surface area contributed by atoms with Crippen molar-refractivity contribution in [3.63, 3.8) is 0 Å². The number of fused-ring (bicyclic) bond motifs is 9. The molecule has 1 atom stereocenters. The van der Waals surface area contributed by atoms with E-state index in [1.54, 1.807) is 0 Å². The van der Waals surface area contributed by atoms with Crippen molar-refractivity contribution in [2.75, 3.05) is 0 Å². The number of aryl methyl sites for hydroxylation is 1. The van der Waals surface area contributed by atoms with Crippen LogP contribution >= 0.6 is 0 Å². The van der Waals surface area contributed by atoms with Crippen LogP contribution in [0, 0.1) is 0 Å². The summed E-state index contributed by atoms with van der Waals surface area (Å²) in [4.78, 5) is 10.7. The number of furan rings is 1. The van der Waals surface area contributed by atoms with Crippen molar-refractivity contribution < 1.29 is 4.42 Å². The Morgan fingerprint density at radius 1 is 0.481 bits per heavy atom. The molecule has 0 bridgehead atoms. The van der Waals surface area contributed by atoms with Crippen LogP contribution in [0.5, 0.6) is 0 Å². The summed E-state index contributed by atoms with van der Waals surface area (Å²) in [6, 6.07) is 59.0. The molecule has 244 valence electrons. The average Bonchev–Trinajstić information content (AvgIpc) is 3.50. The first-order chi connectivity index (χ1) is 25.8. The van der Waals surface area contributed by atoms with Gasteiger partial charge in [-0.1, -0.05) is 140 Å². The van der Waals surface area contributed by atoms with Gasteiger partial charge in [0.15, 0.2) is 11.4 Å². The van der Waals surface area contributed by atoms with Crippen molar-refractivity contribution in [1.29, 1.82) is 0 Å². The standard InChI is InChI=1S/C49H32N2O/c1-2-15-34-28-43-39(25-23-32-13-5-8-20-38(32)42(43)27-33(34)14-1)35-24-26-45-44(29-35)47-48(52-45)46(40-21-9-16-30-11-3-6-18-36(30)40)50-49(51-47)41-22-10-17-31-12-4-7-19-37(31)41/h1-22,24,26-29,39H,23,25H2. The fourth-order valence-electron chi connectivity index (χ4n) is 8.62. The molecule has 10 aromatic rings. The first-order valence-electron chi connectivity index (χ1n) is 18.1. The Hall–Kier alpha value is -6.58. The zero-order chi connectivity index (χ0) is 34.2. The molecule has 52 heavy (non-hydrogen) atoms. The van der Waals surface area contributed by atoms with Crippen LogP contribution in [0.1, 0.15) is 29.0 Å². The summed E-state index contributed by atoms with van der Waals surface area (Å²) in [5.41, 5.74) is 12.0. The number of hydrogen-bond donors (Lipinski definition) is 0. The summed E-state index contributed by atoms with van der Waals surface area (Å²) in [6.45, 7) is 0. The summed E-state index contributed by atoms with van der Waals surface area (Å²) in [5, 5.41) is 8.15. The van der Waals surface area contributed by atoms with E-state index in [9.17, 15) is 0 Å². The normalized spacial score (nSPS) is 14.2. The van der Waals surface area contributed by atoms with Gasteiger partial charge in [-0.05, 0) is 97.2 Å². The molecule has 0 aliphatic heterocycles. The van der Waals surface area contributed by atoms with Gasteiger partial charge in [-0.15, -0.1) is 0 Å². The molecule has 2 aromatic heterocycles. The largest absolute Gasteiger partial charge is 0.452 e. The van der Waals surface area contributed by atoms with Gasteiger partial charge in [0.05, 0.1) is 0 Å². The monoisotopic (exact) mass is 664 g/mol. The number of nitrogens with zero attached hydrogens (tertiary/aromatic N) is 2. The Labute approximate surface area is 300 Å². The zero-order valence-electron chi connectivity index (χ0n) is 28.4. The van der Waals surface area contributed by atoms with Crippen LogP contribution in [0.3, 0.4) is 0 Å². The van der Waals surface area contributed by atoms with Crippen LogP contribution in [-0.2, 0) is 6.42 Å². The Kier molecular flexibility index (Phi) is 6.44. The second-order valence-corrected chi connectivity index (χ2v) is 14.0. The lowest BCUT2D eigenvalue weighted by Crippen LogP contribution is -2.02. The van der Waals surface area contributed by atoms with Crippen molar-refractivity contribution in [3.8, 4) is 33.8 Å². The minimum atomic E-state index is 0.207. The van der Waals surface area contributed by atoms with Crippen molar-refractivity contribution >= 4 is 54.4 Å². The third kappa shape index (κ3) is 4.52. The molecule has 3 nitrogen and oxygen atoms in total. The molecule has 1 unspecified atom stereocenters. The molecule has 1 aliphatic carbocycles. The van der Waals surface area contributed by atoms with Crippen LogP contribution in [0.15, 0.2) is 168 Å². The van der Waals surface area contributed by atoms with Gasteiger partial charge in [0.25, 0.3) is 0 Å². The van der Waals surface area contributed by atoms with Crippen LogP contribution in [0.2, 0.25) is 0 Å². The van der Waals surface area contributed by atoms with Gasteiger partial charge in [0.2, 0.25) is 0 Å². The number of benzene rings is 8. The molecular formula is C49H32N2O. The van der Waals surface area contributed by atoms with Gasteiger partial charge < -0.3 is 4.42 Å². The molecule has 3 heteroatoms. The predicted octanol–water partition coefficient (Wildman–Crippen LogP) is 12.9. The van der Waals surface area contributed by atoms with Gasteiger partial charge in [0, 0.05) is 22.4 Å². The molecular weight excluding hydrogens is 633 g/mol. The molecule has 2 heterocycles. The maximum absolute atomic E-state index is 6.79. The maximum Gasteiger partial charge on any atom is 0.180 e. The summed E-state index contributed by atoms with van der Waals surface area (Å²) in [7, 11) is 0. The Balaban J connectivity index is 1.17. The molecule has 1 aliphatic rings. The predicted molar refractivity (Wildman–Crippen MR) is 215 cm³/mol. The molecule has 0 fully saturated rings. The van der Waals surface area contributed by atoms with Gasteiger partial charge in [0.1, 0.15) is 16.8 Å². The van der Waals surface area contributed by atoms with E-state index >= 15 is 0 Å². The van der Waals surface area contributed by atoms with Crippen molar-refractivity contribution in [1.82, 2.24) is 9.97 Å². The van der Waals surface area contributed by atoms with E-state index < -0.39 is 0 Å². The van der Waals surface area contributed by atoms with Crippen LogP contribution in [0.25, 0.3) is 88.2 Å². The van der Waals surface area contributed by atoms with E-state index in [4.69, 9.17) is 14.4 Å². The SMILES string of the molecule is c1ccc2c(c1)CCC(c1ccc3oc4c(-c5cccc6ccccc56)nc(-c5cccc6ccccc56)nc4c3c1)c1cc3ccccc3cc1-2. The highest BCUT2D eigenvalue weighted by molar-refractivity contribution is 6.11. The van der Waals surface area contributed by atoms with Gasteiger partial charge in [-0.25, -0.2) is 9.97 Å². The summed E-state index contributed by atoms with van der Waals surface area (Å²) in [6.07, 6.45) is 2.02. The number of aromatic nitrogens is 2. The van der Waals surface area contributed by atoms with Crippen LogP contribution in [-0.4, -0.2) is 9.97 Å². The average molecular weight is 665 g/mol. The van der Waals surface area contributed by atoms with E-state index in [1.807, 2.05) is 0 Å². The fourth-order valence-corrected chi connectivity index (χ4v) is 8.62. The molecule has 0 saturated carbocycles. The van der Waals surface area contributed by atoms with E-state index in [1.165, 1.54) is 38.6 Å². The van der Waals surface area contributed by atoms with Gasteiger partial charge in [-0.3, -0.25) is 0 Å². The van der Waals surface area contributed by atoms with E-state index in [0.717, 1.165) is 67.7 Å². The molecule has 0 N–H and O–H groups in total. The lowest BCUT2D eigenvalue weighted by molar-refractivity contribution is 0.666. The summed E-state index contributed by atoms with van der Waals surface area (Å²) < 4.78 is 6.79. The summed E-state index contributed by atoms with van der Waals surface area (Å²) >= 11 is 0. The molecule has 0 amide bonds. The third-order valence-electron chi connectivity index (χ3n) is 11.1. The van der Waals surface area contributed by atoms with Gasteiger partial charge >= 0.3 is 0 Å². The molecule has 11 rings (SSSR count). The molecule has 8 aromatic carbocycles. The van der Waals surface area contributed by atoms with E-state index in [0.29, 0.717) is 11.4 Å². The highest BCUT2D eigenvalue weighted by Crippen LogP contribution is 2.45. The second-order valence-electron chi connectivity index (χ2n) is 14.0. The van der Waals surface area contributed by atoms with Gasteiger partial charge in [-0.2, -0.15) is 0 Å². The smallest absolute Gasteiger partial charge is 0.180 e.